The zero-order valence-electron chi connectivity index (χ0n) is 12.3. The van der Waals surface area contributed by atoms with E-state index in [4.69, 9.17) is 10.00 Å². The first kappa shape index (κ1) is 17.9. The van der Waals surface area contributed by atoms with Crippen molar-refractivity contribution in [3.63, 3.8) is 0 Å². The second kappa shape index (κ2) is 7.88. The van der Waals surface area contributed by atoms with Crippen molar-refractivity contribution >= 4 is 15.9 Å². The van der Waals surface area contributed by atoms with Gasteiger partial charge in [-0.15, -0.1) is 13.2 Å². The standard InChI is InChI=1S/C15H16BrF3N2O2/c16-13-2-1-12(23-15(17,18)19)9-14(13)22-8-7-21-5-3-11(10-20)4-6-21/h1-2,9,11H,3-8H2. The first-order valence-electron chi connectivity index (χ1n) is 7.17. The van der Waals surface area contributed by atoms with Crippen LogP contribution in [0.3, 0.4) is 0 Å². The lowest BCUT2D eigenvalue weighted by molar-refractivity contribution is -0.274. The molecule has 4 nitrogen and oxygen atoms in total. The van der Waals surface area contributed by atoms with Gasteiger partial charge in [-0.3, -0.25) is 4.90 Å². The fourth-order valence-corrected chi connectivity index (χ4v) is 2.72. The van der Waals surface area contributed by atoms with Crippen molar-refractivity contribution in [3.05, 3.63) is 22.7 Å². The molecule has 0 radical (unpaired) electrons. The van der Waals surface area contributed by atoms with Gasteiger partial charge in [-0.1, -0.05) is 0 Å². The Kier molecular flexibility index (Phi) is 6.13. The molecule has 126 valence electrons. The summed E-state index contributed by atoms with van der Waals surface area (Å²) in [4.78, 5) is 2.18. The molecule has 1 heterocycles. The Hall–Kier alpha value is -1.46. The molecule has 0 aromatic heterocycles. The molecule has 1 fully saturated rings. The lowest BCUT2D eigenvalue weighted by Gasteiger charge is -2.28. The molecule has 2 rings (SSSR count). The predicted molar refractivity (Wildman–Crippen MR) is 81.1 cm³/mol. The summed E-state index contributed by atoms with van der Waals surface area (Å²) in [7, 11) is 0. The van der Waals surface area contributed by atoms with Gasteiger partial charge in [0, 0.05) is 18.5 Å². The van der Waals surface area contributed by atoms with Gasteiger partial charge < -0.3 is 9.47 Å². The second-order valence-electron chi connectivity index (χ2n) is 5.23. The maximum absolute atomic E-state index is 12.2. The normalized spacial score (nSPS) is 16.8. The zero-order valence-corrected chi connectivity index (χ0v) is 13.9. The maximum atomic E-state index is 12.2. The Balaban J connectivity index is 1.83. The van der Waals surface area contributed by atoms with Crippen molar-refractivity contribution in [2.45, 2.75) is 19.2 Å². The highest BCUT2D eigenvalue weighted by atomic mass is 79.9. The third kappa shape index (κ3) is 5.92. The highest BCUT2D eigenvalue weighted by Gasteiger charge is 2.31. The molecular weight excluding hydrogens is 377 g/mol. The van der Waals surface area contributed by atoms with E-state index >= 15 is 0 Å². The van der Waals surface area contributed by atoms with E-state index < -0.39 is 6.36 Å². The lowest BCUT2D eigenvalue weighted by Crippen LogP contribution is -2.36. The Morgan fingerprint density at radius 3 is 2.61 bits per heavy atom. The average Bonchev–Trinajstić information content (AvgIpc) is 2.49. The molecule has 1 aliphatic rings. The van der Waals surface area contributed by atoms with Gasteiger partial charge in [-0.25, -0.2) is 0 Å². The largest absolute Gasteiger partial charge is 0.573 e. The molecule has 0 amide bonds. The van der Waals surface area contributed by atoms with E-state index in [0.717, 1.165) is 25.9 Å². The van der Waals surface area contributed by atoms with Crippen LogP contribution in [0.5, 0.6) is 11.5 Å². The van der Waals surface area contributed by atoms with Crippen LogP contribution in [0.1, 0.15) is 12.8 Å². The zero-order chi connectivity index (χ0) is 16.9. The smallest absolute Gasteiger partial charge is 0.491 e. The summed E-state index contributed by atoms with van der Waals surface area (Å²) >= 11 is 3.24. The van der Waals surface area contributed by atoms with Crippen LogP contribution in [0, 0.1) is 17.2 Å². The molecule has 23 heavy (non-hydrogen) atoms. The van der Waals surface area contributed by atoms with Gasteiger partial charge in [0.15, 0.2) is 0 Å². The SMILES string of the molecule is N#CC1CCN(CCOc2cc(OC(F)(F)F)ccc2Br)CC1. The first-order valence-corrected chi connectivity index (χ1v) is 7.97. The first-order chi connectivity index (χ1) is 10.9. The van der Waals surface area contributed by atoms with Gasteiger partial charge in [-0.2, -0.15) is 5.26 Å². The fourth-order valence-electron chi connectivity index (χ4n) is 2.36. The van der Waals surface area contributed by atoms with E-state index in [1.807, 2.05) is 0 Å². The van der Waals surface area contributed by atoms with E-state index in [1.165, 1.54) is 18.2 Å². The molecule has 0 spiro atoms. The highest BCUT2D eigenvalue weighted by molar-refractivity contribution is 9.10. The fraction of sp³-hybridized carbons (Fsp3) is 0.533. The van der Waals surface area contributed by atoms with E-state index in [9.17, 15) is 13.2 Å². The summed E-state index contributed by atoms with van der Waals surface area (Å²) in [5, 5.41) is 8.85. The topological polar surface area (TPSA) is 45.5 Å². The number of nitrogens with zero attached hydrogens (tertiary/aromatic N) is 2. The molecule has 8 heteroatoms. The summed E-state index contributed by atoms with van der Waals surface area (Å²) in [6, 6.07) is 6.15. The van der Waals surface area contributed by atoms with Gasteiger partial charge >= 0.3 is 6.36 Å². The summed E-state index contributed by atoms with van der Waals surface area (Å²) in [6.45, 7) is 2.68. The minimum Gasteiger partial charge on any atom is -0.491 e. The van der Waals surface area contributed by atoms with E-state index in [2.05, 4.69) is 31.6 Å². The van der Waals surface area contributed by atoms with Gasteiger partial charge in [0.2, 0.25) is 0 Å². The number of ether oxygens (including phenoxy) is 2. The molecule has 1 saturated heterocycles. The molecular formula is C15H16BrF3N2O2. The molecule has 1 aromatic rings. The molecule has 1 aromatic carbocycles. The third-order valence-electron chi connectivity index (χ3n) is 3.57. The lowest BCUT2D eigenvalue weighted by atomic mass is 9.99. The number of rotatable bonds is 5. The van der Waals surface area contributed by atoms with Gasteiger partial charge in [-0.05, 0) is 54.0 Å². The van der Waals surface area contributed by atoms with Crippen LogP contribution in [-0.4, -0.2) is 37.5 Å². The number of likely N-dealkylation sites (tertiary alicyclic amines) is 1. The summed E-state index contributed by atoms with van der Waals surface area (Å²) in [6.07, 6.45) is -3.04. The number of hydrogen-bond donors (Lipinski definition) is 0. The van der Waals surface area contributed by atoms with Gasteiger partial charge in [0.25, 0.3) is 0 Å². The number of benzene rings is 1. The summed E-state index contributed by atoms with van der Waals surface area (Å²) in [5.74, 6) is 0.113. The van der Waals surface area contributed by atoms with Crippen LogP contribution >= 0.6 is 15.9 Å². The second-order valence-corrected chi connectivity index (χ2v) is 6.09. The highest BCUT2D eigenvalue weighted by Crippen LogP contribution is 2.32. The maximum Gasteiger partial charge on any atom is 0.573 e. The number of piperidine rings is 1. The average molecular weight is 393 g/mol. The van der Waals surface area contributed by atoms with Crippen LogP contribution in [-0.2, 0) is 0 Å². The van der Waals surface area contributed by atoms with Crippen molar-refractivity contribution in [1.82, 2.24) is 4.90 Å². The quantitative estimate of drug-likeness (QED) is 0.760. The monoisotopic (exact) mass is 392 g/mol. The van der Waals surface area contributed by atoms with Gasteiger partial charge in [0.1, 0.15) is 18.1 Å². The number of hydrogen-bond acceptors (Lipinski definition) is 4. The van der Waals surface area contributed by atoms with Crippen molar-refractivity contribution in [2.24, 2.45) is 5.92 Å². The summed E-state index contributed by atoms with van der Waals surface area (Å²) in [5.41, 5.74) is 0. The molecule has 0 N–H and O–H groups in total. The van der Waals surface area contributed by atoms with E-state index in [0.29, 0.717) is 23.4 Å². The molecule has 0 saturated carbocycles. The molecule has 0 atom stereocenters. The van der Waals surface area contributed by atoms with Crippen molar-refractivity contribution in [2.75, 3.05) is 26.2 Å². The minimum absolute atomic E-state index is 0.123. The van der Waals surface area contributed by atoms with Crippen LogP contribution in [0.2, 0.25) is 0 Å². The predicted octanol–water partition coefficient (Wildman–Crippen LogP) is 3.96. The molecule has 0 bridgehead atoms. The third-order valence-corrected chi connectivity index (χ3v) is 4.23. The molecule has 0 unspecified atom stereocenters. The van der Waals surface area contributed by atoms with Gasteiger partial charge in [0.05, 0.1) is 10.5 Å². The Morgan fingerprint density at radius 1 is 1.30 bits per heavy atom. The van der Waals surface area contributed by atoms with Crippen molar-refractivity contribution in [1.29, 1.82) is 5.26 Å². The minimum atomic E-state index is -4.73. The van der Waals surface area contributed by atoms with Crippen molar-refractivity contribution < 1.29 is 22.6 Å². The van der Waals surface area contributed by atoms with Crippen LogP contribution in [0.15, 0.2) is 22.7 Å². The number of alkyl halides is 3. The number of halogens is 4. The van der Waals surface area contributed by atoms with Crippen molar-refractivity contribution in [3.8, 4) is 17.6 Å². The Labute approximate surface area is 140 Å². The summed E-state index contributed by atoms with van der Waals surface area (Å²) < 4.78 is 46.7. The van der Waals surface area contributed by atoms with Crippen LogP contribution in [0.25, 0.3) is 0 Å². The van der Waals surface area contributed by atoms with Crippen LogP contribution < -0.4 is 9.47 Å². The Morgan fingerprint density at radius 2 is 2.00 bits per heavy atom. The molecule has 1 aliphatic heterocycles. The van der Waals surface area contributed by atoms with E-state index in [1.54, 1.807) is 0 Å². The molecule has 0 aliphatic carbocycles. The Bertz CT molecular complexity index is 567. The van der Waals surface area contributed by atoms with Crippen LogP contribution in [0.4, 0.5) is 13.2 Å². The number of nitriles is 1. The van der Waals surface area contributed by atoms with E-state index in [-0.39, 0.29) is 11.7 Å².